The van der Waals surface area contributed by atoms with Crippen LogP contribution in [-0.2, 0) is 0 Å². The highest BCUT2D eigenvalue weighted by Crippen LogP contribution is 2.41. The van der Waals surface area contributed by atoms with Crippen molar-refractivity contribution in [3.8, 4) is 11.5 Å². The van der Waals surface area contributed by atoms with Gasteiger partial charge in [0.15, 0.2) is 11.5 Å². The molecule has 4 heteroatoms. The highest BCUT2D eigenvalue weighted by Gasteiger charge is 2.15. The fraction of sp³-hybridized carbons (Fsp3) is 0.400. The average molecular weight is 280 g/mol. The molecule has 0 heterocycles. The van der Waals surface area contributed by atoms with Crippen molar-refractivity contribution in [1.29, 1.82) is 0 Å². The predicted molar refractivity (Wildman–Crippen MR) is 61.9 cm³/mol. The molecule has 1 unspecified atom stereocenters. The SMILES string of the molecule is COc1ccc(C(C)Br)c(Cl)c1OC. The quantitative estimate of drug-likeness (QED) is 0.783. The molecule has 0 spiro atoms. The Morgan fingerprint density at radius 2 is 1.93 bits per heavy atom. The largest absolute Gasteiger partial charge is 0.493 e. The van der Waals surface area contributed by atoms with Gasteiger partial charge in [-0.1, -0.05) is 33.6 Å². The molecule has 0 aliphatic heterocycles. The van der Waals surface area contributed by atoms with Crippen molar-refractivity contribution in [2.45, 2.75) is 11.8 Å². The first kappa shape index (κ1) is 11.7. The molecule has 14 heavy (non-hydrogen) atoms. The zero-order valence-corrected chi connectivity index (χ0v) is 10.6. The first-order valence-electron chi connectivity index (χ1n) is 4.16. The van der Waals surface area contributed by atoms with Crippen molar-refractivity contribution in [3.05, 3.63) is 22.7 Å². The van der Waals surface area contributed by atoms with Crippen LogP contribution in [0, 0.1) is 0 Å². The van der Waals surface area contributed by atoms with E-state index in [1.807, 2.05) is 19.1 Å². The fourth-order valence-electron chi connectivity index (χ4n) is 1.21. The second kappa shape index (κ2) is 4.89. The Morgan fingerprint density at radius 3 is 2.36 bits per heavy atom. The number of alkyl halides is 1. The van der Waals surface area contributed by atoms with Crippen LogP contribution in [0.2, 0.25) is 5.02 Å². The predicted octanol–water partition coefficient (Wildman–Crippen LogP) is 3.81. The van der Waals surface area contributed by atoms with Crippen LogP contribution in [0.1, 0.15) is 17.3 Å². The summed E-state index contributed by atoms with van der Waals surface area (Å²) in [6.45, 7) is 2.01. The van der Waals surface area contributed by atoms with Gasteiger partial charge >= 0.3 is 0 Å². The molecule has 0 aliphatic carbocycles. The summed E-state index contributed by atoms with van der Waals surface area (Å²) < 4.78 is 10.3. The van der Waals surface area contributed by atoms with Gasteiger partial charge in [0.05, 0.1) is 19.2 Å². The minimum absolute atomic E-state index is 0.190. The Labute approximate surface area is 97.3 Å². The highest BCUT2D eigenvalue weighted by molar-refractivity contribution is 9.09. The van der Waals surface area contributed by atoms with Crippen molar-refractivity contribution in [2.24, 2.45) is 0 Å². The lowest BCUT2D eigenvalue weighted by Gasteiger charge is -2.13. The molecule has 1 rings (SSSR count). The smallest absolute Gasteiger partial charge is 0.179 e. The molecule has 0 aromatic heterocycles. The van der Waals surface area contributed by atoms with Gasteiger partial charge in [-0.15, -0.1) is 0 Å². The normalized spacial score (nSPS) is 12.4. The molecular formula is C10H12BrClO2. The lowest BCUT2D eigenvalue weighted by Crippen LogP contribution is -1.95. The molecule has 0 amide bonds. The Bertz CT molecular complexity index is 326. The van der Waals surface area contributed by atoms with E-state index in [4.69, 9.17) is 21.1 Å². The van der Waals surface area contributed by atoms with E-state index in [0.29, 0.717) is 16.5 Å². The molecule has 0 saturated heterocycles. The number of ether oxygens (including phenoxy) is 2. The summed E-state index contributed by atoms with van der Waals surface area (Å²) in [6.07, 6.45) is 0. The van der Waals surface area contributed by atoms with Gasteiger partial charge in [0.1, 0.15) is 0 Å². The van der Waals surface area contributed by atoms with Crippen LogP contribution in [-0.4, -0.2) is 14.2 Å². The number of benzene rings is 1. The topological polar surface area (TPSA) is 18.5 Å². The molecular weight excluding hydrogens is 267 g/mol. The summed E-state index contributed by atoms with van der Waals surface area (Å²) in [7, 11) is 3.16. The Balaban J connectivity index is 3.27. The maximum atomic E-state index is 6.15. The van der Waals surface area contributed by atoms with Gasteiger partial charge in [-0.2, -0.15) is 0 Å². The molecule has 0 fully saturated rings. The molecule has 1 atom stereocenters. The van der Waals surface area contributed by atoms with Crippen molar-refractivity contribution in [1.82, 2.24) is 0 Å². The zero-order valence-electron chi connectivity index (χ0n) is 8.30. The van der Waals surface area contributed by atoms with Crippen molar-refractivity contribution in [3.63, 3.8) is 0 Å². The fourth-order valence-corrected chi connectivity index (χ4v) is 2.12. The van der Waals surface area contributed by atoms with E-state index >= 15 is 0 Å². The zero-order chi connectivity index (χ0) is 10.7. The van der Waals surface area contributed by atoms with E-state index in [1.165, 1.54) is 0 Å². The van der Waals surface area contributed by atoms with Gasteiger partial charge in [-0.3, -0.25) is 0 Å². The summed E-state index contributed by atoms with van der Waals surface area (Å²) in [5.41, 5.74) is 0.990. The van der Waals surface area contributed by atoms with Crippen LogP contribution >= 0.6 is 27.5 Å². The molecule has 1 aromatic rings. The van der Waals surface area contributed by atoms with E-state index in [-0.39, 0.29) is 4.83 Å². The van der Waals surface area contributed by atoms with E-state index in [1.54, 1.807) is 14.2 Å². The second-order valence-electron chi connectivity index (χ2n) is 2.82. The maximum absolute atomic E-state index is 6.15. The summed E-state index contributed by atoms with van der Waals surface area (Å²) in [4.78, 5) is 0.190. The minimum atomic E-state index is 0.190. The molecule has 0 saturated carbocycles. The molecule has 0 aliphatic rings. The van der Waals surface area contributed by atoms with Crippen molar-refractivity contribution < 1.29 is 9.47 Å². The van der Waals surface area contributed by atoms with Crippen LogP contribution in [0.5, 0.6) is 11.5 Å². The number of halogens is 2. The average Bonchev–Trinajstić information content (AvgIpc) is 2.16. The molecule has 0 radical (unpaired) electrons. The van der Waals surface area contributed by atoms with E-state index in [9.17, 15) is 0 Å². The summed E-state index contributed by atoms with van der Waals surface area (Å²) in [5.74, 6) is 1.23. The van der Waals surface area contributed by atoms with Gasteiger partial charge in [0.25, 0.3) is 0 Å². The van der Waals surface area contributed by atoms with E-state index < -0.39 is 0 Å². The summed E-state index contributed by atoms with van der Waals surface area (Å²) in [6, 6.07) is 3.76. The third-order valence-electron chi connectivity index (χ3n) is 1.94. The third-order valence-corrected chi connectivity index (χ3v) is 2.83. The number of hydrogen-bond acceptors (Lipinski definition) is 2. The van der Waals surface area contributed by atoms with Gasteiger partial charge < -0.3 is 9.47 Å². The lowest BCUT2D eigenvalue weighted by molar-refractivity contribution is 0.354. The first-order chi connectivity index (χ1) is 6.61. The third kappa shape index (κ3) is 2.15. The molecule has 1 aromatic carbocycles. The molecule has 0 bridgehead atoms. The van der Waals surface area contributed by atoms with Crippen LogP contribution in [0.4, 0.5) is 0 Å². The van der Waals surface area contributed by atoms with Crippen molar-refractivity contribution in [2.75, 3.05) is 14.2 Å². The standard InChI is InChI=1S/C10H12BrClO2/c1-6(11)7-4-5-8(13-2)10(14-3)9(7)12/h4-6H,1-3H3. The maximum Gasteiger partial charge on any atom is 0.179 e. The van der Waals surface area contributed by atoms with Gasteiger partial charge in [-0.05, 0) is 18.6 Å². The molecule has 0 N–H and O–H groups in total. The van der Waals surface area contributed by atoms with Crippen LogP contribution in [0.15, 0.2) is 12.1 Å². The summed E-state index contributed by atoms with van der Waals surface area (Å²) in [5, 5.41) is 0.594. The number of rotatable bonds is 3. The Hall–Kier alpha value is -0.410. The number of hydrogen-bond donors (Lipinski definition) is 0. The van der Waals surface area contributed by atoms with Crippen LogP contribution in [0.3, 0.4) is 0 Å². The van der Waals surface area contributed by atoms with Crippen LogP contribution < -0.4 is 9.47 Å². The molecule has 78 valence electrons. The number of methoxy groups -OCH3 is 2. The summed E-state index contributed by atoms with van der Waals surface area (Å²) >= 11 is 9.62. The van der Waals surface area contributed by atoms with Gasteiger partial charge in [0, 0.05) is 4.83 Å². The second-order valence-corrected chi connectivity index (χ2v) is 4.57. The van der Waals surface area contributed by atoms with Crippen molar-refractivity contribution >= 4 is 27.5 Å². The Kier molecular flexibility index (Phi) is 4.08. The van der Waals surface area contributed by atoms with E-state index in [0.717, 1.165) is 5.56 Å². The van der Waals surface area contributed by atoms with E-state index in [2.05, 4.69) is 15.9 Å². The van der Waals surface area contributed by atoms with Crippen LogP contribution in [0.25, 0.3) is 0 Å². The minimum Gasteiger partial charge on any atom is -0.493 e. The molecule has 2 nitrogen and oxygen atoms in total. The first-order valence-corrected chi connectivity index (χ1v) is 5.45. The highest BCUT2D eigenvalue weighted by atomic mass is 79.9. The van der Waals surface area contributed by atoms with Gasteiger partial charge in [-0.25, -0.2) is 0 Å². The van der Waals surface area contributed by atoms with Gasteiger partial charge in [0.2, 0.25) is 0 Å². The Morgan fingerprint density at radius 1 is 1.29 bits per heavy atom. The lowest BCUT2D eigenvalue weighted by atomic mass is 10.1. The monoisotopic (exact) mass is 278 g/mol.